The second kappa shape index (κ2) is 31.3. The maximum atomic E-state index is 12.7. The number of hydrogen-bond donors (Lipinski definition) is 4. The molecule has 0 aromatic carbocycles. The van der Waals surface area contributed by atoms with E-state index in [9.17, 15) is 34.4 Å². The molecule has 0 radical (unpaired) electrons. The van der Waals surface area contributed by atoms with Crippen LogP contribution in [0.3, 0.4) is 0 Å². The minimum absolute atomic E-state index is 0.0168. The van der Waals surface area contributed by atoms with Gasteiger partial charge in [0.25, 0.3) is 0 Å². The Hall–Kier alpha value is -1.63. The topological polar surface area (TPSA) is 169 Å². The first-order valence-electron chi connectivity index (χ1n) is 21.8. The molecule has 0 aliphatic heterocycles. The largest absolute Gasteiger partial charge is 0.472 e. The second-order valence-electron chi connectivity index (χ2n) is 16.7. The molecular weight excluding hydrogens is 737 g/mol. The van der Waals surface area contributed by atoms with Crippen molar-refractivity contribution in [3.05, 3.63) is 24.3 Å². The highest BCUT2D eigenvalue weighted by Crippen LogP contribution is 2.43. The number of carbonyl (C=O) groups excluding carboxylic acids is 2. The molecule has 328 valence electrons. The second-order valence-corrected chi connectivity index (χ2v) is 18.2. The van der Waals surface area contributed by atoms with Crippen LogP contribution in [0.25, 0.3) is 0 Å². The van der Waals surface area contributed by atoms with Gasteiger partial charge < -0.3 is 34.2 Å². The van der Waals surface area contributed by atoms with E-state index in [-0.39, 0.29) is 44.3 Å². The van der Waals surface area contributed by atoms with Crippen LogP contribution < -0.4 is 0 Å². The molecule has 1 aliphatic carbocycles. The number of likely N-dealkylation sites (N-methyl/N-ethyl adjacent to an activating group) is 1. The van der Waals surface area contributed by atoms with Crippen LogP contribution in [-0.2, 0) is 32.7 Å². The van der Waals surface area contributed by atoms with Gasteiger partial charge in [0.15, 0.2) is 6.10 Å². The number of unbranched alkanes of at least 4 members (excludes halogenated alkanes) is 15. The molecule has 56 heavy (non-hydrogen) atoms. The van der Waals surface area contributed by atoms with Crippen LogP contribution in [-0.4, -0.2) is 109 Å². The van der Waals surface area contributed by atoms with E-state index in [2.05, 4.69) is 13.8 Å². The van der Waals surface area contributed by atoms with Crippen LogP contribution in [0.5, 0.6) is 0 Å². The zero-order chi connectivity index (χ0) is 41.7. The van der Waals surface area contributed by atoms with Crippen LogP contribution in [0.4, 0.5) is 0 Å². The number of carbonyl (C=O) groups is 2. The van der Waals surface area contributed by atoms with E-state index < -0.39 is 50.8 Å². The molecule has 0 amide bonds. The number of allylic oxidation sites excluding steroid dienone is 1. The first-order chi connectivity index (χ1) is 26.7. The fraction of sp³-hybridized carbons (Fsp3) is 0.860. The summed E-state index contributed by atoms with van der Waals surface area (Å²) in [5.41, 5.74) is 0. The number of ether oxygens (including phenoxy) is 2. The van der Waals surface area contributed by atoms with Crippen molar-refractivity contribution < 1.29 is 57.4 Å². The van der Waals surface area contributed by atoms with Gasteiger partial charge in [-0.15, -0.1) is 0 Å². The SMILES string of the molecule is CCCCCCCCCCCCCCCCC(=O)O[C@H](COC(=O)C/C=C\C[C@H]1[C@@H](/C=C/[C@H](O)CCCCC)[C@H](O)C[C@@H]1O)COP(=O)(O)OCC[N+](C)(C)C. The number of rotatable bonds is 35. The van der Waals surface area contributed by atoms with E-state index in [0.29, 0.717) is 30.3 Å². The lowest BCUT2D eigenvalue weighted by molar-refractivity contribution is -0.870. The molecular formula is C43H81NO11P+. The third-order valence-electron chi connectivity index (χ3n) is 10.3. The normalized spacial score (nSPS) is 21.1. The van der Waals surface area contributed by atoms with Crippen molar-refractivity contribution in [1.29, 1.82) is 0 Å². The molecule has 0 saturated heterocycles. The third kappa shape index (κ3) is 27.9. The van der Waals surface area contributed by atoms with Crippen LogP contribution in [0.15, 0.2) is 24.3 Å². The van der Waals surface area contributed by atoms with E-state index in [1.807, 2.05) is 21.1 Å². The number of nitrogens with zero attached hydrogens (tertiary/aromatic N) is 1. The van der Waals surface area contributed by atoms with Crippen LogP contribution in [0.2, 0.25) is 0 Å². The molecule has 0 aromatic heterocycles. The Morgan fingerprint density at radius 1 is 0.768 bits per heavy atom. The van der Waals surface area contributed by atoms with Crippen LogP contribution >= 0.6 is 7.82 Å². The highest BCUT2D eigenvalue weighted by atomic mass is 31.2. The molecule has 0 spiro atoms. The Labute approximate surface area is 339 Å². The van der Waals surface area contributed by atoms with Crippen molar-refractivity contribution in [2.45, 2.75) is 180 Å². The molecule has 13 heteroatoms. The molecule has 7 atom stereocenters. The van der Waals surface area contributed by atoms with Gasteiger partial charge in [-0.25, -0.2) is 4.57 Å². The fourth-order valence-corrected chi connectivity index (χ4v) is 7.55. The van der Waals surface area contributed by atoms with Crippen molar-refractivity contribution in [2.24, 2.45) is 11.8 Å². The van der Waals surface area contributed by atoms with Crippen molar-refractivity contribution in [3.63, 3.8) is 0 Å². The van der Waals surface area contributed by atoms with Gasteiger partial charge in [-0.1, -0.05) is 141 Å². The Morgan fingerprint density at radius 3 is 1.93 bits per heavy atom. The Bertz CT molecular complexity index is 1130. The highest BCUT2D eigenvalue weighted by Gasteiger charge is 2.39. The monoisotopic (exact) mass is 819 g/mol. The van der Waals surface area contributed by atoms with Gasteiger partial charge >= 0.3 is 19.8 Å². The van der Waals surface area contributed by atoms with E-state index in [1.165, 1.54) is 64.2 Å². The van der Waals surface area contributed by atoms with Crippen molar-refractivity contribution in [1.82, 2.24) is 0 Å². The summed E-state index contributed by atoms with van der Waals surface area (Å²) >= 11 is 0. The summed E-state index contributed by atoms with van der Waals surface area (Å²) in [4.78, 5) is 35.6. The van der Waals surface area contributed by atoms with Gasteiger partial charge in [0.1, 0.15) is 19.8 Å². The van der Waals surface area contributed by atoms with Crippen molar-refractivity contribution in [3.8, 4) is 0 Å². The molecule has 1 unspecified atom stereocenters. The minimum Gasteiger partial charge on any atom is -0.461 e. The fourth-order valence-electron chi connectivity index (χ4n) is 6.81. The summed E-state index contributed by atoms with van der Waals surface area (Å²) in [5.74, 6) is -1.68. The molecule has 12 nitrogen and oxygen atoms in total. The molecule has 0 heterocycles. The lowest BCUT2D eigenvalue weighted by Crippen LogP contribution is -2.37. The molecule has 1 saturated carbocycles. The highest BCUT2D eigenvalue weighted by molar-refractivity contribution is 7.47. The van der Waals surface area contributed by atoms with Gasteiger partial charge in [0, 0.05) is 18.8 Å². The first-order valence-corrected chi connectivity index (χ1v) is 23.3. The summed E-state index contributed by atoms with van der Waals surface area (Å²) in [7, 11) is 1.31. The average Bonchev–Trinajstić information content (AvgIpc) is 3.40. The molecule has 0 bridgehead atoms. The van der Waals surface area contributed by atoms with Gasteiger partial charge in [-0.3, -0.25) is 18.6 Å². The Balaban J connectivity index is 2.56. The number of phosphoric ester groups is 1. The van der Waals surface area contributed by atoms with E-state index in [1.54, 1.807) is 24.3 Å². The lowest BCUT2D eigenvalue weighted by atomic mass is 9.89. The third-order valence-corrected chi connectivity index (χ3v) is 11.3. The first kappa shape index (κ1) is 52.4. The number of quaternary nitrogens is 1. The number of esters is 2. The summed E-state index contributed by atoms with van der Waals surface area (Å²) in [6.07, 6.45) is 25.0. The van der Waals surface area contributed by atoms with E-state index in [4.69, 9.17) is 18.5 Å². The summed E-state index contributed by atoms with van der Waals surface area (Å²) < 4.78 is 34.2. The maximum absolute atomic E-state index is 12.7. The summed E-state index contributed by atoms with van der Waals surface area (Å²) in [6, 6.07) is 0. The molecule has 1 aliphatic rings. The standard InChI is InChI=1S/C43H80NO11P/c1-6-8-10-11-12-13-14-15-16-17-18-19-20-22-28-43(49)55-37(35-54-56(50,51)53-32-31-44(3,4)5)34-52-42(48)27-24-23-26-38-39(41(47)33-40(38)46)30-29-36(45)25-21-9-7-2/h23-24,29-30,36-41,45-47H,6-22,25-28,31-35H2,1-5H3/p+1/b24-23-,30-29+/t36-,37-,38+,39-,40+,41-/m1/s1. The summed E-state index contributed by atoms with van der Waals surface area (Å²) in [5, 5.41) is 31.4. The van der Waals surface area contributed by atoms with Crippen molar-refractivity contribution in [2.75, 3.05) is 47.5 Å². The molecule has 0 aromatic rings. The number of hydrogen-bond acceptors (Lipinski definition) is 10. The zero-order valence-electron chi connectivity index (χ0n) is 35.7. The maximum Gasteiger partial charge on any atom is 0.472 e. The average molecular weight is 819 g/mol. The molecule has 1 fully saturated rings. The van der Waals surface area contributed by atoms with Gasteiger partial charge in [-0.05, 0) is 25.2 Å². The minimum atomic E-state index is -4.45. The lowest BCUT2D eigenvalue weighted by Gasteiger charge is -2.24. The Kier molecular flexibility index (Phi) is 29.3. The predicted molar refractivity (Wildman–Crippen MR) is 222 cm³/mol. The summed E-state index contributed by atoms with van der Waals surface area (Å²) in [6.45, 7) is 3.94. The molecule has 1 rings (SSSR count). The van der Waals surface area contributed by atoms with Crippen LogP contribution in [0, 0.1) is 11.8 Å². The quantitative estimate of drug-likeness (QED) is 0.0159. The van der Waals surface area contributed by atoms with E-state index in [0.717, 1.165) is 38.5 Å². The number of aliphatic hydroxyl groups is 3. The number of phosphoric acid groups is 1. The Morgan fingerprint density at radius 2 is 1.34 bits per heavy atom. The smallest absolute Gasteiger partial charge is 0.461 e. The van der Waals surface area contributed by atoms with E-state index >= 15 is 0 Å². The van der Waals surface area contributed by atoms with Gasteiger partial charge in [0.2, 0.25) is 0 Å². The van der Waals surface area contributed by atoms with Gasteiger partial charge in [0.05, 0.1) is 52.5 Å². The van der Waals surface area contributed by atoms with Gasteiger partial charge in [-0.2, -0.15) is 0 Å². The number of aliphatic hydroxyl groups excluding tert-OH is 3. The zero-order valence-corrected chi connectivity index (χ0v) is 36.6. The van der Waals surface area contributed by atoms with Crippen molar-refractivity contribution >= 4 is 19.8 Å². The van der Waals surface area contributed by atoms with Crippen LogP contribution in [0.1, 0.15) is 155 Å². The predicted octanol–water partition coefficient (Wildman–Crippen LogP) is 8.34. The molecule has 4 N–H and O–H groups in total.